The summed E-state index contributed by atoms with van der Waals surface area (Å²) in [5.41, 5.74) is 8.22. The van der Waals surface area contributed by atoms with Gasteiger partial charge in [0, 0.05) is 15.6 Å². The minimum atomic E-state index is -0.248. The van der Waals surface area contributed by atoms with Gasteiger partial charge in [0.2, 0.25) is 0 Å². The summed E-state index contributed by atoms with van der Waals surface area (Å²) in [6, 6.07) is 5.47. The van der Waals surface area contributed by atoms with Crippen LogP contribution in [-0.4, -0.2) is 9.78 Å². The Morgan fingerprint density at radius 2 is 2.24 bits per heavy atom. The Bertz CT molecular complexity index is 536. The Morgan fingerprint density at radius 1 is 1.53 bits per heavy atom. The third-order valence-electron chi connectivity index (χ3n) is 2.53. The number of aryl methyl sites for hydroxylation is 1. The molecule has 1 aromatic carbocycles. The Morgan fingerprint density at radius 3 is 2.82 bits per heavy atom. The molecule has 0 aliphatic carbocycles. The lowest BCUT2D eigenvalue weighted by Crippen LogP contribution is -2.17. The summed E-state index contributed by atoms with van der Waals surface area (Å²) in [5, 5.41) is 4.86. The molecular formula is C11H10BrClIN3. The van der Waals surface area contributed by atoms with Crippen LogP contribution in [-0.2, 0) is 7.05 Å². The highest BCUT2D eigenvalue weighted by Crippen LogP contribution is 2.30. The van der Waals surface area contributed by atoms with E-state index < -0.39 is 0 Å². The summed E-state index contributed by atoms with van der Waals surface area (Å²) in [6.45, 7) is 0. The van der Waals surface area contributed by atoms with Crippen LogP contribution in [0.1, 0.15) is 17.3 Å². The maximum Gasteiger partial charge on any atom is 0.0745 e. The quantitative estimate of drug-likeness (QED) is 0.748. The van der Waals surface area contributed by atoms with Gasteiger partial charge in [-0.05, 0) is 62.3 Å². The van der Waals surface area contributed by atoms with Crippen LogP contribution in [0.25, 0.3) is 0 Å². The summed E-state index contributed by atoms with van der Waals surface area (Å²) in [6.07, 6.45) is 1.74. The first-order valence-corrected chi connectivity index (χ1v) is 7.13. The zero-order valence-electron chi connectivity index (χ0n) is 8.99. The maximum atomic E-state index is 6.28. The third kappa shape index (κ3) is 2.67. The minimum absolute atomic E-state index is 0.248. The molecule has 0 saturated heterocycles. The zero-order valence-corrected chi connectivity index (χ0v) is 13.5. The number of nitrogens with two attached hydrogens (primary N) is 1. The molecule has 1 unspecified atom stereocenters. The molecular weight excluding hydrogens is 416 g/mol. The van der Waals surface area contributed by atoms with Crippen molar-refractivity contribution in [2.24, 2.45) is 12.8 Å². The molecule has 1 atom stereocenters. The number of nitrogens with zero attached hydrogens (tertiary/aromatic N) is 2. The third-order valence-corrected chi connectivity index (χ3v) is 4.35. The highest BCUT2D eigenvalue weighted by Gasteiger charge is 2.19. The zero-order chi connectivity index (χ0) is 12.6. The minimum Gasteiger partial charge on any atom is -0.319 e. The van der Waals surface area contributed by atoms with Crippen LogP contribution >= 0.6 is 50.1 Å². The summed E-state index contributed by atoms with van der Waals surface area (Å²) >= 11 is 11.7. The number of hydrogen-bond donors (Lipinski definition) is 1. The lowest BCUT2D eigenvalue weighted by atomic mass is 10.1. The SMILES string of the molecule is Cn1ncc(Br)c1C(N)c1cc(Cl)ccc1I. The van der Waals surface area contributed by atoms with Gasteiger partial charge in [0.1, 0.15) is 0 Å². The van der Waals surface area contributed by atoms with Crippen molar-refractivity contribution < 1.29 is 0 Å². The molecule has 1 heterocycles. The molecule has 0 aliphatic rings. The van der Waals surface area contributed by atoms with E-state index in [1.54, 1.807) is 10.9 Å². The van der Waals surface area contributed by atoms with E-state index in [1.165, 1.54) is 0 Å². The van der Waals surface area contributed by atoms with Crippen LogP contribution in [0.4, 0.5) is 0 Å². The van der Waals surface area contributed by atoms with Crippen LogP contribution in [0.2, 0.25) is 5.02 Å². The Balaban J connectivity index is 2.50. The first-order chi connectivity index (χ1) is 8.00. The average molecular weight is 426 g/mol. The van der Waals surface area contributed by atoms with Gasteiger partial charge in [-0.25, -0.2) is 0 Å². The fourth-order valence-corrected chi connectivity index (χ4v) is 3.12. The molecule has 0 saturated carbocycles. The van der Waals surface area contributed by atoms with E-state index in [2.05, 4.69) is 43.6 Å². The van der Waals surface area contributed by atoms with Crippen LogP contribution in [0, 0.1) is 3.57 Å². The average Bonchev–Trinajstić information content (AvgIpc) is 2.61. The van der Waals surface area contributed by atoms with Gasteiger partial charge in [-0.15, -0.1) is 0 Å². The van der Waals surface area contributed by atoms with Gasteiger partial charge in [0.15, 0.2) is 0 Å². The van der Waals surface area contributed by atoms with E-state index in [0.29, 0.717) is 5.02 Å². The van der Waals surface area contributed by atoms with Crippen molar-refractivity contribution in [2.75, 3.05) is 0 Å². The molecule has 90 valence electrons. The number of halogens is 3. The van der Waals surface area contributed by atoms with E-state index in [4.69, 9.17) is 17.3 Å². The van der Waals surface area contributed by atoms with Crippen molar-refractivity contribution in [2.45, 2.75) is 6.04 Å². The van der Waals surface area contributed by atoms with Crippen LogP contribution in [0.15, 0.2) is 28.9 Å². The van der Waals surface area contributed by atoms with Crippen molar-refractivity contribution in [3.63, 3.8) is 0 Å². The monoisotopic (exact) mass is 425 g/mol. The molecule has 2 rings (SSSR count). The van der Waals surface area contributed by atoms with Gasteiger partial charge in [0.05, 0.1) is 22.4 Å². The highest BCUT2D eigenvalue weighted by molar-refractivity contribution is 14.1. The molecule has 0 amide bonds. The molecule has 0 spiro atoms. The maximum absolute atomic E-state index is 6.28. The van der Waals surface area contributed by atoms with E-state index in [9.17, 15) is 0 Å². The topological polar surface area (TPSA) is 43.8 Å². The Kier molecular flexibility index (Phi) is 4.12. The molecule has 0 radical (unpaired) electrons. The normalized spacial score (nSPS) is 12.8. The number of hydrogen-bond acceptors (Lipinski definition) is 2. The van der Waals surface area contributed by atoms with Gasteiger partial charge >= 0.3 is 0 Å². The number of aromatic nitrogens is 2. The van der Waals surface area contributed by atoms with E-state index in [1.807, 2.05) is 25.2 Å². The van der Waals surface area contributed by atoms with Crippen LogP contribution in [0.5, 0.6) is 0 Å². The lowest BCUT2D eigenvalue weighted by molar-refractivity contribution is 0.670. The van der Waals surface area contributed by atoms with Crippen LogP contribution < -0.4 is 5.73 Å². The van der Waals surface area contributed by atoms with Gasteiger partial charge in [-0.2, -0.15) is 5.10 Å². The molecule has 1 aromatic heterocycles. The van der Waals surface area contributed by atoms with Crippen molar-refractivity contribution >= 4 is 50.1 Å². The van der Waals surface area contributed by atoms with Crippen molar-refractivity contribution in [3.8, 4) is 0 Å². The molecule has 3 nitrogen and oxygen atoms in total. The second kappa shape index (κ2) is 5.26. The molecule has 17 heavy (non-hydrogen) atoms. The summed E-state index contributed by atoms with van der Waals surface area (Å²) in [7, 11) is 1.87. The first-order valence-electron chi connectivity index (χ1n) is 4.88. The predicted octanol–water partition coefficient (Wildman–Crippen LogP) is 3.49. The fraction of sp³-hybridized carbons (Fsp3) is 0.182. The molecule has 0 aliphatic heterocycles. The van der Waals surface area contributed by atoms with Crippen molar-refractivity contribution in [1.82, 2.24) is 9.78 Å². The summed E-state index contributed by atoms with van der Waals surface area (Å²) in [5.74, 6) is 0. The lowest BCUT2D eigenvalue weighted by Gasteiger charge is -2.15. The second-order valence-electron chi connectivity index (χ2n) is 3.64. The molecule has 0 fully saturated rings. The van der Waals surface area contributed by atoms with Crippen LogP contribution in [0.3, 0.4) is 0 Å². The van der Waals surface area contributed by atoms with Gasteiger partial charge in [-0.1, -0.05) is 11.6 Å². The van der Waals surface area contributed by atoms with Crippen molar-refractivity contribution in [3.05, 3.63) is 48.7 Å². The largest absolute Gasteiger partial charge is 0.319 e. The van der Waals surface area contributed by atoms with Gasteiger partial charge in [0.25, 0.3) is 0 Å². The van der Waals surface area contributed by atoms with E-state index >= 15 is 0 Å². The smallest absolute Gasteiger partial charge is 0.0745 e. The molecule has 6 heteroatoms. The second-order valence-corrected chi connectivity index (χ2v) is 6.10. The number of benzene rings is 1. The van der Waals surface area contributed by atoms with E-state index in [0.717, 1.165) is 19.3 Å². The molecule has 2 N–H and O–H groups in total. The predicted molar refractivity (Wildman–Crippen MR) is 81.1 cm³/mol. The highest BCUT2D eigenvalue weighted by atomic mass is 127. The number of rotatable bonds is 2. The van der Waals surface area contributed by atoms with Crippen molar-refractivity contribution in [1.29, 1.82) is 0 Å². The molecule has 2 aromatic rings. The summed E-state index contributed by atoms with van der Waals surface area (Å²) in [4.78, 5) is 0. The fourth-order valence-electron chi connectivity index (χ4n) is 1.67. The molecule has 0 bridgehead atoms. The van der Waals surface area contributed by atoms with Gasteiger partial charge in [-0.3, -0.25) is 4.68 Å². The van der Waals surface area contributed by atoms with Gasteiger partial charge < -0.3 is 5.73 Å². The first kappa shape index (κ1) is 13.3. The summed E-state index contributed by atoms with van der Waals surface area (Å²) < 4.78 is 3.77. The Hall–Kier alpha value is -0.110. The standard InChI is InChI=1S/C11H10BrClIN3/c1-17-11(8(12)5-16-17)10(15)7-4-6(13)2-3-9(7)14/h2-5,10H,15H2,1H3. The Labute approximate surface area is 127 Å². The van der Waals surface area contributed by atoms with E-state index in [-0.39, 0.29) is 6.04 Å².